The van der Waals surface area contributed by atoms with Crippen molar-refractivity contribution in [3.8, 4) is 40.1 Å². The minimum absolute atomic E-state index is 0.131. The van der Waals surface area contributed by atoms with Gasteiger partial charge in [0, 0.05) is 17.7 Å². The van der Waals surface area contributed by atoms with Crippen molar-refractivity contribution in [2.45, 2.75) is 61.4 Å². The van der Waals surface area contributed by atoms with Crippen LogP contribution in [0.5, 0.6) is 28.7 Å². The van der Waals surface area contributed by atoms with E-state index in [1.807, 2.05) is 0 Å². The molecule has 2 saturated heterocycles. The zero-order valence-electron chi connectivity index (χ0n) is 23.4. The molecule has 0 radical (unpaired) electrons. The molecule has 0 unspecified atom stereocenters. The molecule has 10 N–H and O–H groups in total. The van der Waals surface area contributed by atoms with Crippen LogP contribution >= 0.6 is 0 Å². The van der Waals surface area contributed by atoms with Crippen LogP contribution in [-0.4, -0.2) is 133 Å². The number of phenolic OH excluding ortho intramolecular Hbond substituents is 3. The Labute approximate surface area is 252 Å². The topological polar surface area (TPSA) is 279 Å². The van der Waals surface area contributed by atoms with Gasteiger partial charge in [0.1, 0.15) is 59.6 Å². The zero-order chi connectivity index (χ0) is 32.7. The van der Waals surface area contributed by atoms with Gasteiger partial charge in [-0.15, -0.1) is 0 Å². The van der Waals surface area contributed by atoms with Gasteiger partial charge in [-0.2, -0.15) is 0 Å². The van der Waals surface area contributed by atoms with Crippen LogP contribution in [-0.2, 0) is 14.2 Å². The first kappa shape index (κ1) is 32.6. The van der Waals surface area contributed by atoms with Gasteiger partial charge in [-0.05, 0) is 18.2 Å². The maximum absolute atomic E-state index is 12.9. The second kappa shape index (κ2) is 12.9. The molecule has 2 fully saturated rings. The molecule has 0 saturated carbocycles. The Hall–Kier alpha value is -3.75. The first-order valence-electron chi connectivity index (χ1n) is 13.5. The zero-order valence-corrected chi connectivity index (χ0v) is 23.4. The molecule has 2 aromatic carbocycles. The predicted molar refractivity (Wildman–Crippen MR) is 146 cm³/mol. The van der Waals surface area contributed by atoms with Gasteiger partial charge < -0.3 is 79.2 Å². The van der Waals surface area contributed by atoms with Crippen LogP contribution in [0.4, 0.5) is 0 Å². The molecule has 1 aromatic heterocycles. The number of phenols is 3. The van der Waals surface area contributed by atoms with Crippen LogP contribution in [0.1, 0.15) is 0 Å². The minimum Gasteiger partial charge on any atom is -0.507 e. The first-order valence-corrected chi connectivity index (χ1v) is 13.5. The van der Waals surface area contributed by atoms with Crippen molar-refractivity contribution >= 4 is 11.0 Å². The third kappa shape index (κ3) is 5.98. The molecule has 5 rings (SSSR count). The number of rotatable bonds is 8. The Balaban J connectivity index is 1.52. The molecule has 246 valence electrons. The number of aliphatic hydroxyl groups excluding tert-OH is 7. The summed E-state index contributed by atoms with van der Waals surface area (Å²) in [6, 6.07) is 5.94. The molecular formula is C28H32O17. The molecular weight excluding hydrogens is 608 g/mol. The Bertz CT molecular complexity index is 1570. The van der Waals surface area contributed by atoms with E-state index in [1.54, 1.807) is 0 Å². The summed E-state index contributed by atoms with van der Waals surface area (Å²) >= 11 is 0. The second-order valence-electron chi connectivity index (χ2n) is 10.4. The largest absolute Gasteiger partial charge is 0.507 e. The fourth-order valence-electron chi connectivity index (χ4n) is 5.11. The quantitative estimate of drug-likeness (QED) is 0.115. The fraction of sp³-hybridized carbons (Fsp3) is 0.464. The van der Waals surface area contributed by atoms with Gasteiger partial charge in [0.25, 0.3) is 0 Å². The minimum atomic E-state index is -1.92. The van der Waals surface area contributed by atoms with Crippen LogP contribution in [0.15, 0.2) is 39.5 Å². The van der Waals surface area contributed by atoms with Crippen molar-refractivity contribution in [1.82, 2.24) is 0 Å². The first-order chi connectivity index (χ1) is 21.4. The third-order valence-electron chi connectivity index (χ3n) is 7.59. The Kier molecular flexibility index (Phi) is 9.38. The SMILES string of the molecule is COc1ccc(-c2cc(=O)c3c(O)cc(O[C@@H]4O[C@H](CO)[C@@H](O)[C@H](O)[C@H]4O[C@@H]4O[C@H](CO)[C@@H](O)[C@@H](O)[C@H]4O)c(O)c3o2)cc1O. The summed E-state index contributed by atoms with van der Waals surface area (Å²) in [6.45, 7) is -1.62. The van der Waals surface area contributed by atoms with E-state index in [2.05, 4.69) is 0 Å². The summed E-state index contributed by atoms with van der Waals surface area (Å²) in [4.78, 5) is 12.9. The Morgan fingerprint density at radius 3 is 2.02 bits per heavy atom. The maximum atomic E-state index is 12.9. The van der Waals surface area contributed by atoms with Gasteiger partial charge in [0.15, 0.2) is 40.7 Å². The standard InChI is InChI=1S/C28H32O17/c1-40-13-3-2-9(4-10(13)31)14-5-11(32)18-12(33)6-15(21(36)25(18)41-14)42-28-26(23(38)20(35)17(8-30)44-28)45-27-24(39)22(37)19(34)16(7-29)43-27/h2-6,16-17,19-20,22-24,26-31,33-39H,7-8H2,1H3/t16-,17-,19-,20-,22-,23+,24-,26-,27+,28-/m1/s1. The molecule has 17 heteroatoms. The van der Waals surface area contributed by atoms with Crippen LogP contribution in [0.25, 0.3) is 22.3 Å². The van der Waals surface area contributed by atoms with Crippen molar-refractivity contribution in [3.05, 3.63) is 40.6 Å². The van der Waals surface area contributed by atoms with E-state index in [0.717, 1.165) is 12.1 Å². The van der Waals surface area contributed by atoms with Crippen molar-refractivity contribution in [3.63, 3.8) is 0 Å². The lowest BCUT2D eigenvalue weighted by Crippen LogP contribution is -2.65. The normalized spacial score (nSPS) is 32.0. The number of aliphatic hydroxyl groups is 7. The van der Waals surface area contributed by atoms with Crippen LogP contribution in [0, 0.1) is 0 Å². The molecule has 3 heterocycles. The number of methoxy groups -OCH3 is 1. The van der Waals surface area contributed by atoms with Gasteiger partial charge in [0.05, 0.1) is 20.3 Å². The monoisotopic (exact) mass is 640 g/mol. The highest BCUT2D eigenvalue weighted by Crippen LogP contribution is 2.42. The maximum Gasteiger partial charge on any atom is 0.229 e. The number of hydrogen-bond donors (Lipinski definition) is 10. The summed E-state index contributed by atoms with van der Waals surface area (Å²) in [5.74, 6) is -2.41. The molecule has 17 nitrogen and oxygen atoms in total. The van der Waals surface area contributed by atoms with Gasteiger partial charge in [-0.3, -0.25) is 4.79 Å². The van der Waals surface area contributed by atoms with Crippen molar-refractivity contribution in [2.75, 3.05) is 20.3 Å². The highest BCUT2D eigenvalue weighted by Gasteiger charge is 2.51. The van der Waals surface area contributed by atoms with E-state index < -0.39 is 108 Å². The van der Waals surface area contributed by atoms with Gasteiger partial charge in [0.2, 0.25) is 12.0 Å². The molecule has 0 aliphatic carbocycles. The van der Waals surface area contributed by atoms with Gasteiger partial charge >= 0.3 is 0 Å². The summed E-state index contributed by atoms with van der Waals surface area (Å²) in [5, 5.41) is 103. The van der Waals surface area contributed by atoms with E-state index in [4.69, 9.17) is 28.1 Å². The summed E-state index contributed by atoms with van der Waals surface area (Å²) in [5.41, 5.74) is -1.13. The number of ether oxygens (including phenoxy) is 5. The lowest BCUT2D eigenvalue weighted by Gasteiger charge is -2.45. The van der Waals surface area contributed by atoms with Crippen molar-refractivity contribution < 1.29 is 79.2 Å². The number of benzene rings is 2. The summed E-state index contributed by atoms with van der Waals surface area (Å²) in [6.07, 6.45) is -17.6. The summed E-state index contributed by atoms with van der Waals surface area (Å²) < 4.78 is 32.9. The second-order valence-corrected chi connectivity index (χ2v) is 10.4. The molecule has 45 heavy (non-hydrogen) atoms. The van der Waals surface area contributed by atoms with Gasteiger partial charge in [-0.1, -0.05) is 0 Å². The molecule has 3 aromatic rings. The lowest BCUT2D eigenvalue weighted by atomic mass is 9.97. The van der Waals surface area contributed by atoms with E-state index in [1.165, 1.54) is 25.3 Å². The molecule has 10 atom stereocenters. The Morgan fingerprint density at radius 2 is 1.40 bits per heavy atom. The van der Waals surface area contributed by atoms with E-state index in [-0.39, 0.29) is 22.8 Å². The van der Waals surface area contributed by atoms with E-state index >= 15 is 0 Å². The number of fused-ring (bicyclic) bond motifs is 1. The van der Waals surface area contributed by atoms with Gasteiger partial charge in [-0.25, -0.2) is 0 Å². The highest BCUT2D eigenvalue weighted by molar-refractivity contribution is 5.91. The van der Waals surface area contributed by atoms with Crippen molar-refractivity contribution in [1.29, 1.82) is 0 Å². The third-order valence-corrected chi connectivity index (χ3v) is 7.59. The van der Waals surface area contributed by atoms with Crippen LogP contribution in [0.2, 0.25) is 0 Å². The average Bonchev–Trinajstić information content (AvgIpc) is 3.02. The average molecular weight is 641 g/mol. The summed E-state index contributed by atoms with van der Waals surface area (Å²) in [7, 11) is 1.34. The molecule has 2 aliphatic rings. The van der Waals surface area contributed by atoms with Crippen molar-refractivity contribution in [2.24, 2.45) is 0 Å². The van der Waals surface area contributed by atoms with Crippen LogP contribution < -0.4 is 14.9 Å². The predicted octanol–water partition coefficient (Wildman–Crippen LogP) is -2.41. The highest BCUT2D eigenvalue weighted by atomic mass is 16.8. The fourth-order valence-corrected chi connectivity index (χ4v) is 5.11. The van der Waals surface area contributed by atoms with E-state index in [9.17, 15) is 55.9 Å². The number of aromatic hydroxyl groups is 3. The Morgan fingerprint density at radius 1 is 0.756 bits per heavy atom. The lowest BCUT2D eigenvalue weighted by molar-refractivity contribution is -0.358. The molecule has 0 bridgehead atoms. The smallest absolute Gasteiger partial charge is 0.229 e. The van der Waals surface area contributed by atoms with E-state index in [0.29, 0.717) is 0 Å². The molecule has 0 spiro atoms. The molecule has 0 amide bonds. The number of hydrogen-bond acceptors (Lipinski definition) is 17. The molecule has 2 aliphatic heterocycles. The van der Waals surface area contributed by atoms with Crippen LogP contribution in [0.3, 0.4) is 0 Å².